The van der Waals surface area contributed by atoms with Crippen molar-refractivity contribution in [3.63, 3.8) is 0 Å². The van der Waals surface area contributed by atoms with E-state index in [1.165, 1.54) is 12.1 Å². The summed E-state index contributed by atoms with van der Waals surface area (Å²) in [6, 6.07) is 17.1. The Labute approximate surface area is 254 Å². The van der Waals surface area contributed by atoms with Crippen molar-refractivity contribution in [2.45, 2.75) is 26.2 Å². The first-order valence-electron chi connectivity index (χ1n) is 14.5. The molecule has 1 aliphatic rings. The summed E-state index contributed by atoms with van der Waals surface area (Å²) in [5.74, 6) is 0.321. The lowest BCUT2D eigenvalue weighted by Crippen LogP contribution is -2.47. The minimum absolute atomic E-state index is 0.0245. The van der Waals surface area contributed by atoms with E-state index in [1.807, 2.05) is 72.7 Å². The van der Waals surface area contributed by atoms with Gasteiger partial charge in [0.25, 0.3) is 5.91 Å². The van der Waals surface area contributed by atoms with Crippen LogP contribution in [0, 0.1) is 5.82 Å². The third-order valence-corrected chi connectivity index (χ3v) is 7.77. The van der Waals surface area contributed by atoms with Crippen LogP contribution in [0.3, 0.4) is 0 Å². The fourth-order valence-corrected chi connectivity index (χ4v) is 5.10. The first-order valence-corrected chi connectivity index (χ1v) is 14.5. The van der Waals surface area contributed by atoms with Crippen molar-refractivity contribution in [1.82, 2.24) is 24.3 Å². The fraction of sp³-hybridized carbons (Fsp3) is 0.273. The van der Waals surface area contributed by atoms with Crippen LogP contribution in [0.2, 0.25) is 0 Å². The van der Waals surface area contributed by atoms with Gasteiger partial charge in [-0.15, -0.1) is 0 Å². The van der Waals surface area contributed by atoms with Crippen LogP contribution in [-0.4, -0.2) is 69.5 Å². The second-order valence-electron chi connectivity index (χ2n) is 12.1. The van der Waals surface area contributed by atoms with E-state index in [-0.39, 0.29) is 22.8 Å². The number of benzene rings is 2. The second-order valence-corrected chi connectivity index (χ2v) is 12.1. The Morgan fingerprint density at radius 1 is 0.886 bits per heavy atom. The third-order valence-electron chi connectivity index (χ3n) is 7.77. The molecule has 10 nitrogen and oxygen atoms in total. The molecule has 0 spiro atoms. The monoisotopic (exact) mass is 595 g/mol. The lowest BCUT2D eigenvalue weighted by Gasteiger charge is -2.32. The number of nitrogens with zero attached hydrogens (tertiary/aromatic N) is 5. The van der Waals surface area contributed by atoms with Gasteiger partial charge < -0.3 is 19.6 Å². The van der Waals surface area contributed by atoms with Gasteiger partial charge in [0.05, 0.1) is 17.6 Å². The predicted molar refractivity (Wildman–Crippen MR) is 167 cm³/mol. The van der Waals surface area contributed by atoms with Crippen molar-refractivity contribution in [1.29, 1.82) is 0 Å². The fourth-order valence-electron chi connectivity index (χ4n) is 5.10. The van der Waals surface area contributed by atoms with Gasteiger partial charge in [-0.05, 0) is 54.6 Å². The number of pyridine rings is 1. The number of hydrogen-bond acceptors (Lipinski definition) is 6. The number of imidazole rings is 1. The molecule has 1 fully saturated rings. The lowest BCUT2D eigenvalue weighted by molar-refractivity contribution is 0.0664. The van der Waals surface area contributed by atoms with Crippen LogP contribution >= 0.6 is 0 Å². The van der Waals surface area contributed by atoms with Crippen LogP contribution < -0.4 is 10.6 Å². The molecule has 226 valence electrons. The third kappa shape index (κ3) is 6.04. The van der Waals surface area contributed by atoms with Crippen molar-refractivity contribution in [3.8, 4) is 22.4 Å². The summed E-state index contributed by atoms with van der Waals surface area (Å²) < 4.78 is 22.2. The Hall–Kier alpha value is -5.03. The van der Waals surface area contributed by atoms with E-state index in [0.29, 0.717) is 28.2 Å². The van der Waals surface area contributed by atoms with Crippen molar-refractivity contribution < 1.29 is 18.5 Å². The van der Waals surface area contributed by atoms with Gasteiger partial charge >= 0.3 is 6.03 Å². The summed E-state index contributed by atoms with van der Waals surface area (Å²) in [4.78, 5) is 34.0. The molecular weight excluding hydrogens is 561 g/mol. The molecule has 6 rings (SSSR count). The van der Waals surface area contributed by atoms with Crippen LogP contribution in [0.5, 0.6) is 0 Å². The number of carbonyl (C=O) groups excluding carboxylic acids is 2. The molecule has 0 unspecified atom stereocenters. The summed E-state index contributed by atoms with van der Waals surface area (Å²) in [5.41, 5.74) is 4.35. The Morgan fingerprint density at radius 2 is 1.61 bits per heavy atom. The number of likely N-dealkylation sites (N-methyl/N-ethyl adjacent to an activating group) is 1. The number of carbonyl (C=O) groups is 2. The molecule has 1 aliphatic heterocycles. The first kappa shape index (κ1) is 29.1. The van der Waals surface area contributed by atoms with Crippen molar-refractivity contribution in [2.24, 2.45) is 0 Å². The number of fused-ring (bicyclic) bond motifs is 1. The number of nitrogens with one attached hydrogen (secondary N) is 2. The predicted octanol–water partition coefficient (Wildman–Crippen LogP) is 6.12. The Balaban J connectivity index is 1.14. The largest absolute Gasteiger partial charge is 0.359 e. The number of amides is 3. The van der Waals surface area contributed by atoms with E-state index >= 15 is 4.39 Å². The smallest absolute Gasteiger partial charge is 0.325 e. The highest BCUT2D eigenvalue weighted by atomic mass is 19.1. The van der Waals surface area contributed by atoms with Crippen LogP contribution in [0.1, 0.15) is 36.9 Å². The quantitative estimate of drug-likeness (QED) is 0.253. The maximum Gasteiger partial charge on any atom is 0.325 e. The molecule has 0 saturated carbocycles. The molecule has 2 aromatic carbocycles. The molecule has 0 radical (unpaired) electrons. The number of urea groups is 1. The Kier molecular flexibility index (Phi) is 7.64. The summed E-state index contributed by atoms with van der Waals surface area (Å²) in [7, 11) is 2.06. The molecule has 3 amide bonds. The second kappa shape index (κ2) is 11.6. The van der Waals surface area contributed by atoms with Crippen LogP contribution in [-0.2, 0) is 5.41 Å². The van der Waals surface area contributed by atoms with Gasteiger partial charge in [0.2, 0.25) is 0 Å². The van der Waals surface area contributed by atoms with Crippen molar-refractivity contribution in [3.05, 3.63) is 90.2 Å². The van der Waals surface area contributed by atoms with Gasteiger partial charge in [-0.1, -0.05) is 44.1 Å². The van der Waals surface area contributed by atoms with Gasteiger partial charge in [0.15, 0.2) is 5.82 Å². The average molecular weight is 596 g/mol. The zero-order valence-corrected chi connectivity index (χ0v) is 25.1. The zero-order chi connectivity index (χ0) is 31.0. The molecule has 4 heterocycles. The van der Waals surface area contributed by atoms with Crippen LogP contribution in [0.15, 0.2) is 77.6 Å². The number of rotatable bonds is 5. The number of hydrogen-bond donors (Lipinski definition) is 2. The Morgan fingerprint density at radius 3 is 2.30 bits per heavy atom. The molecule has 11 heteroatoms. The van der Waals surface area contributed by atoms with E-state index in [2.05, 4.69) is 32.7 Å². The van der Waals surface area contributed by atoms with Gasteiger partial charge in [-0.2, -0.15) is 0 Å². The highest BCUT2D eigenvalue weighted by Crippen LogP contribution is 2.29. The Bertz CT molecular complexity index is 1830. The normalized spacial score (nSPS) is 14.2. The lowest BCUT2D eigenvalue weighted by atomic mass is 9.93. The molecule has 3 aromatic heterocycles. The van der Waals surface area contributed by atoms with Gasteiger partial charge in [-0.25, -0.2) is 14.2 Å². The maximum absolute atomic E-state index is 15.1. The topological polar surface area (TPSA) is 108 Å². The number of halogens is 1. The first-order chi connectivity index (χ1) is 21.0. The van der Waals surface area contributed by atoms with E-state index in [0.717, 1.165) is 37.3 Å². The molecular formula is C33H34FN7O3. The van der Waals surface area contributed by atoms with Crippen LogP contribution in [0.25, 0.3) is 28.0 Å². The minimum atomic E-state index is -0.635. The number of anilines is 2. The molecule has 0 bridgehead atoms. The molecule has 5 aromatic rings. The molecule has 44 heavy (non-hydrogen) atoms. The standard InChI is InChI=1S/C33H34FN7O3/c1-33(2,3)28-19-29(38-44-28)37-32(43)36-26-10-9-24(17-25(26)34)27-20-35-30-18-23(11-12-41(27)30)21-5-7-22(8-6-21)31(42)40-15-13-39(4)14-16-40/h5-12,17-20H,13-16H2,1-4H3,(H2,36,37,38,43). The SMILES string of the molecule is CN1CCN(C(=O)c2ccc(-c3ccn4c(-c5ccc(NC(=O)Nc6cc(C(C)(C)C)on6)c(F)c5)cnc4c3)cc2)CC1. The van der Waals surface area contributed by atoms with Gasteiger partial charge in [-0.3, -0.25) is 14.5 Å². The van der Waals surface area contributed by atoms with E-state index < -0.39 is 11.8 Å². The molecule has 0 aliphatic carbocycles. The number of piperazine rings is 1. The summed E-state index contributed by atoms with van der Waals surface area (Å²) in [5, 5.41) is 8.93. The van der Waals surface area contributed by atoms with E-state index in [4.69, 9.17) is 4.52 Å². The number of aromatic nitrogens is 3. The van der Waals surface area contributed by atoms with Gasteiger partial charge in [0.1, 0.15) is 17.2 Å². The van der Waals surface area contributed by atoms with E-state index in [9.17, 15) is 9.59 Å². The zero-order valence-electron chi connectivity index (χ0n) is 25.1. The summed E-state index contributed by atoms with van der Waals surface area (Å²) >= 11 is 0. The maximum atomic E-state index is 15.1. The summed E-state index contributed by atoms with van der Waals surface area (Å²) in [6.45, 7) is 9.13. The van der Waals surface area contributed by atoms with E-state index in [1.54, 1.807) is 18.3 Å². The van der Waals surface area contributed by atoms with Gasteiger partial charge in [0, 0.05) is 55.0 Å². The van der Waals surface area contributed by atoms with Crippen molar-refractivity contribution >= 4 is 29.1 Å². The minimum Gasteiger partial charge on any atom is -0.359 e. The summed E-state index contributed by atoms with van der Waals surface area (Å²) in [6.07, 6.45) is 3.57. The van der Waals surface area contributed by atoms with Crippen molar-refractivity contribution in [2.75, 3.05) is 43.9 Å². The molecule has 1 saturated heterocycles. The van der Waals surface area contributed by atoms with Crippen LogP contribution in [0.4, 0.5) is 20.7 Å². The molecule has 0 atom stereocenters. The average Bonchev–Trinajstić information content (AvgIpc) is 3.65. The highest BCUT2D eigenvalue weighted by molar-refractivity contribution is 5.99. The highest BCUT2D eigenvalue weighted by Gasteiger charge is 2.22. The molecule has 2 N–H and O–H groups in total.